The smallest absolute Gasteiger partial charge is 0.267 e. The minimum atomic E-state index is -1.12. The van der Waals surface area contributed by atoms with E-state index >= 15 is 0 Å². The lowest BCUT2D eigenvalue weighted by atomic mass is 10.3. The Morgan fingerprint density at radius 1 is 0.833 bits per heavy atom. The molecular weight excluding hydrogens is 452 g/mol. The average molecular weight is 460 g/mol. The third-order valence-corrected chi connectivity index (χ3v) is 4.19. The predicted molar refractivity (Wildman–Crippen MR) is 96.5 cm³/mol. The van der Waals surface area contributed by atoms with Crippen LogP contribution in [0.1, 0.15) is 0 Å². The van der Waals surface area contributed by atoms with E-state index in [4.69, 9.17) is 46.4 Å². The van der Waals surface area contributed by atoms with Gasteiger partial charge < -0.3 is 0 Å². The number of amides is 2. The molecule has 0 unspecified atom stereocenters. The van der Waals surface area contributed by atoms with E-state index in [9.17, 15) is 18.6 Å². The highest BCUT2D eigenvalue weighted by atomic mass is 35.5. The number of hydrogen-bond donors (Lipinski definition) is 2. The van der Waals surface area contributed by atoms with Gasteiger partial charge in [-0.1, -0.05) is 65.8 Å². The van der Waals surface area contributed by atoms with Crippen LogP contribution in [0, 0.1) is 0 Å². The number of nitrogens with one attached hydrogen (secondary N) is 2. The van der Waals surface area contributed by atoms with Gasteiger partial charge in [-0.2, -0.15) is 0 Å². The zero-order valence-electron chi connectivity index (χ0n) is 11.3. The van der Waals surface area contributed by atoms with Crippen LogP contribution in [-0.4, -0.2) is 29.3 Å². The number of rotatable bonds is 6. The number of anilines is 2. The Morgan fingerprint density at radius 2 is 1.12 bits per heavy atom. The van der Waals surface area contributed by atoms with Crippen LogP contribution in [0.25, 0.3) is 0 Å². The van der Waals surface area contributed by atoms with E-state index in [0.29, 0.717) is 23.5 Å². The van der Waals surface area contributed by atoms with Crippen LogP contribution >= 0.6 is 69.9 Å². The van der Waals surface area contributed by atoms with Gasteiger partial charge in [0.25, 0.3) is 0 Å². The topological polar surface area (TPSA) is 64.7 Å². The van der Waals surface area contributed by atoms with Crippen LogP contribution < -0.4 is 10.9 Å². The summed E-state index contributed by atoms with van der Waals surface area (Å²) in [7, 11) is 0. The van der Waals surface area contributed by atoms with Crippen molar-refractivity contribution < 1.29 is 18.6 Å². The second-order valence-electron chi connectivity index (χ2n) is 3.65. The number of hydrazine groups is 2. The van der Waals surface area contributed by atoms with Gasteiger partial charge in [0.05, 0.1) is 11.4 Å². The number of carbonyl (C=O) groups excluding carboxylic acids is 2. The lowest BCUT2D eigenvalue weighted by molar-refractivity contribution is 0.112. The maximum atomic E-state index is 13.5. The molecule has 0 radical (unpaired) electrons. The van der Waals surface area contributed by atoms with Crippen molar-refractivity contribution in [1.82, 2.24) is 10.5 Å². The van der Waals surface area contributed by atoms with E-state index in [1.54, 1.807) is 0 Å². The minimum Gasteiger partial charge on any atom is -0.267 e. The van der Waals surface area contributed by atoms with E-state index in [0.717, 1.165) is 0 Å². The van der Waals surface area contributed by atoms with E-state index in [-0.39, 0.29) is 21.8 Å². The van der Waals surface area contributed by atoms with Crippen molar-refractivity contribution in [3.63, 3.8) is 0 Å². The molecule has 0 bridgehead atoms. The fourth-order valence-electron chi connectivity index (χ4n) is 1.18. The van der Waals surface area contributed by atoms with Gasteiger partial charge in [0.1, 0.15) is 0 Å². The van der Waals surface area contributed by atoms with Crippen molar-refractivity contribution in [1.29, 1.82) is 0 Å². The first-order valence-electron chi connectivity index (χ1n) is 5.71. The fourth-order valence-corrected chi connectivity index (χ4v) is 2.68. The largest absolute Gasteiger partial charge is 0.331 e. The molecule has 0 fully saturated rings. The lowest BCUT2D eigenvalue weighted by Gasteiger charge is -2.16. The van der Waals surface area contributed by atoms with Gasteiger partial charge in [-0.15, -0.1) is 0 Å². The molecule has 0 saturated heterocycles. The number of nitrogens with zero attached hydrogens (tertiary/aromatic N) is 2. The number of carbonyl (C=O) groups is 2. The van der Waals surface area contributed by atoms with Crippen LogP contribution in [0.2, 0.25) is 0 Å². The molecule has 1 aromatic carbocycles. The predicted octanol–water partition coefficient (Wildman–Crippen LogP) is 5.94. The molecule has 0 atom stereocenters. The van der Waals surface area contributed by atoms with Crippen molar-refractivity contribution in [3.8, 4) is 0 Å². The molecule has 2 amide bonds. The standard InChI is InChI=1S/C10H8Cl4F2N4O2S2/c11-7(12)23-9(21)19(15)17-5-1-2-6(4-3-5)18-20(16)10(22)24-8(13)14/h1-4,7-8,17-18H. The molecule has 1 rings (SSSR count). The van der Waals surface area contributed by atoms with Gasteiger partial charge >= 0.3 is 10.5 Å². The van der Waals surface area contributed by atoms with Crippen LogP contribution in [0.5, 0.6) is 0 Å². The zero-order valence-corrected chi connectivity index (χ0v) is 15.9. The SMILES string of the molecule is O=C(SC(Cl)Cl)N(F)Nc1ccc(NN(F)C(=O)SC(Cl)Cl)cc1. The third-order valence-electron chi connectivity index (χ3n) is 2.04. The van der Waals surface area contributed by atoms with Gasteiger partial charge in [-0.25, -0.2) is 0 Å². The summed E-state index contributed by atoms with van der Waals surface area (Å²) in [4.78, 5) is 22.6. The van der Waals surface area contributed by atoms with E-state index < -0.39 is 18.8 Å². The molecule has 2 N–H and O–H groups in total. The number of thioether (sulfide) groups is 2. The molecule has 6 nitrogen and oxygen atoms in total. The second-order valence-corrected chi connectivity index (χ2v) is 8.99. The molecule has 0 heterocycles. The maximum absolute atomic E-state index is 13.5. The van der Waals surface area contributed by atoms with E-state index in [2.05, 4.69) is 10.9 Å². The summed E-state index contributed by atoms with van der Waals surface area (Å²) in [5, 5.41) is -2.73. The Labute approximate surface area is 163 Å². The van der Waals surface area contributed by atoms with E-state index in [1.165, 1.54) is 24.3 Å². The Kier molecular flexibility index (Phi) is 9.39. The molecule has 0 saturated carbocycles. The number of hydrogen-bond acceptors (Lipinski definition) is 6. The quantitative estimate of drug-likeness (QED) is 0.311. The molecule has 0 aliphatic heterocycles. The summed E-state index contributed by atoms with van der Waals surface area (Å²) < 4.78 is 24.7. The van der Waals surface area contributed by atoms with Gasteiger partial charge in [0, 0.05) is 0 Å². The number of alkyl halides is 4. The molecule has 0 aliphatic rings. The average Bonchev–Trinajstić information content (AvgIpc) is 2.47. The number of halogens is 6. The molecule has 0 spiro atoms. The fraction of sp³-hybridized carbons (Fsp3) is 0.200. The van der Waals surface area contributed by atoms with Crippen molar-refractivity contribution in [2.75, 3.05) is 10.9 Å². The molecule has 14 heteroatoms. The summed E-state index contributed by atoms with van der Waals surface area (Å²) in [6.45, 7) is 0. The Balaban J connectivity index is 2.56. The van der Waals surface area contributed by atoms with Gasteiger partial charge in [-0.3, -0.25) is 20.4 Å². The van der Waals surface area contributed by atoms with Crippen molar-refractivity contribution >= 4 is 91.8 Å². The maximum Gasteiger partial charge on any atom is 0.331 e. The van der Waals surface area contributed by atoms with Gasteiger partial charge in [0.15, 0.2) is 8.34 Å². The first kappa shape index (κ1) is 21.5. The minimum absolute atomic E-state index is 0.172. The van der Waals surface area contributed by atoms with Crippen LogP contribution in [0.15, 0.2) is 24.3 Å². The van der Waals surface area contributed by atoms with Crippen molar-refractivity contribution in [2.24, 2.45) is 0 Å². The Morgan fingerprint density at radius 3 is 1.38 bits per heavy atom. The summed E-state index contributed by atoms with van der Waals surface area (Å²) >= 11 is 22.1. The highest BCUT2D eigenvalue weighted by molar-refractivity contribution is 8.16. The second kappa shape index (κ2) is 10.5. The summed E-state index contributed by atoms with van der Waals surface area (Å²) in [5.74, 6) is 0. The lowest BCUT2D eigenvalue weighted by Crippen LogP contribution is -2.26. The highest BCUT2D eigenvalue weighted by Gasteiger charge is 2.19. The molecule has 134 valence electrons. The number of benzene rings is 1. The zero-order chi connectivity index (χ0) is 18.3. The van der Waals surface area contributed by atoms with Crippen molar-refractivity contribution in [2.45, 2.75) is 8.34 Å². The summed E-state index contributed by atoms with van der Waals surface area (Å²) in [6, 6.07) is 5.29. The molecule has 0 aliphatic carbocycles. The third kappa shape index (κ3) is 8.04. The van der Waals surface area contributed by atoms with Gasteiger partial charge in [0.2, 0.25) is 0 Å². The molecule has 0 aromatic heterocycles. The first-order valence-corrected chi connectivity index (χ1v) is 9.22. The summed E-state index contributed by atoms with van der Waals surface area (Å²) in [6.07, 6.45) is 0. The molecule has 1 aromatic rings. The first-order chi connectivity index (χ1) is 11.2. The van der Waals surface area contributed by atoms with E-state index in [1.807, 2.05) is 0 Å². The van der Waals surface area contributed by atoms with Crippen molar-refractivity contribution in [3.05, 3.63) is 24.3 Å². The highest BCUT2D eigenvalue weighted by Crippen LogP contribution is 2.25. The summed E-state index contributed by atoms with van der Waals surface area (Å²) in [5.41, 5.74) is 4.57. The van der Waals surface area contributed by atoms with Crippen LogP contribution in [0.3, 0.4) is 0 Å². The molecular formula is C10H8Cl4F2N4O2S2. The Bertz CT molecular complexity index is 521. The van der Waals surface area contributed by atoms with Gasteiger partial charge in [-0.05, 0) is 47.8 Å². The Hall–Kier alpha value is -0.520. The normalized spacial score (nSPS) is 10.7. The van der Waals surface area contributed by atoms with Crippen LogP contribution in [-0.2, 0) is 0 Å². The molecule has 24 heavy (non-hydrogen) atoms. The van der Waals surface area contributed by atoms with Crippen LogP contribution in [0.4, 0.5) is 29.9 Å². The monoisotopic (exact) mass is 458 g/mol.